The predicted molar refractivity (Wildman–Crippen MR) is 152 cm³/mol. The maximum Gasteiger partial charge on any atom is 0.306 e. The molecule has 224 valence electrons. The number of likely N-dealkylation sites (tertiary alicyclic amines) is 1. The van der Waals surface area contributed by atoms with Crippen molar-refractivity contribution in [2.24, 2.45) is 0 Å². The number of nitrogens with zero attached hydrogens (tertiary/aromatic N) is 1. The Labute approximate surface area is 244 Å². The van der Waals surface area contributed by atoms with Gasteiger partial charge in [0.2, 0.25) is 17.1 Å². The molecule has 1 amide bonds. The van der Waals surface area contributed by atoms with Crippen molar-refractivity contribution in [1.82, 2.24) is 4.90 Å². The number of carbonyl (C=O) groups excluding carboxylic acids is 2. The average Bonchev–Trinajstić information content (AvgIpc) is 3.40. The van der Waals surface area contributed by atoms with Crippen LogP contribution in [0.2, 0.25) is 0 Å². The van der Waals surface area contributed by atoms with Crippen LogP contribution in [0.25, 0.3) is 22.3 Å². The Balaban J connectivity index is 1.58. The van der Waals surface area contributed by atoms with Gasteiger partial charge in [-0.25, -0.2) is 0 Å². The lowest BCUT2D eigenvalue weighted by Gasteiger charge is -2.21. The number of benzene rings is 3. The molecule has 0 radical (unpaired) electrons. The van der Waals surface area contributed by atoms with Crippen molar-refractivity contribution in [3.63, 3.8) is 0 Å². The second-order valence-corrected chi connectivity index (χ2v) is 10.1. The standard InChI is InChI=1S/C31H29NO11/c1-41-25(38)14-19(16-4-7-18(8-5-16)42-12-11-32-10-2-3-24(32)37)26-22(35)15-23(36)27-28(39)29(40)30(43-31(26)27)17-6-9-20(33)21(34)13-17/h4-9,13,15,19,33-36,40H,2-3,10-12,14H2,1H3/t19-/m1/s1. The van der Waals surface area contributed by atoms with Crippen molar-refractivity contribution >= 4 is 22.8 Å². The van der Waals surface area contributed by atoms with Crippen LogP contribution in [0.3, 0.4) is 0 Å². The molecule has 3 aromatic carbocycles. The monoisotopic (exact) mass is 591 g/mol. The molecule has 1 atom stereocenters. The summed E-state index contributed by atoms with van der Waals surface area (Å²) in [6, 6.07) is 11.0. The molecule has 1 aliphatic rings. The second kappa shape index (κ2) is 11.8. The Hall–Kier alpha value is -5.39. The molecule has 0 spiro atoms. The van der Waals surface area contributed by atoms with E-state index in [2.05, 4.69) is 0 Å². The summed E-state index contributed by atoms with van der Waals surface area (Å²) < 4.78 is 16.6. The topological polar surface area (TPSA) is 187 Å². The maximum absolute atomic E-state index is 13.3. The molecule has 4 aromatic rings. The highest BCUT2D eigenvalue weighted by atomic mass is 16.5. The highest BCUT2D eigenvalue weighted by Gasteiger charge is 2.30. The fourth-order valence-electron chi connectivity index (χ4n) is 5.19. The van der Waals surface area contributed by atoms with Crippen LogP contribution in [0, 0.1) is 0 Å². The Morgan fingerprint density at radius 3 is 2.35 bits per heavy atom. The molecule has 43 heavy (non-hydrogen) atoms. The Morgan fingerprint density at radius 2 is 1.70 bits per heavy atom. The molecule has 1 fully saturated rings. The first-order chi connectivity index (χ1) is 20.6. The molecule has 0 bridgehead atoms. The van der Waals surface area contributed by atoms with Crippen LogP contribution in [-0.2, 0) is 14.3 Å². The van der Waals surface area contributed by atoms with Gasteiger partial charge < -0.3 is 44.3 Å². The van der Waals surface area contributed by atoms with Gasteiger partial charge in [-0.1, -0.05) is 12.1 Å². The summed E-state index contributed by atoms with van der Waals surface area (Å²) in [5.74, 6) is -4.46. The fraction of sp³-hybridized carbons (Fsp3) is 0.258. The molecule has 1 saturated heterocycles. The van der Waals surface area contributed by atoms with E-state index in [-0.39, 0.29) is 35.6 Å². The summed E-state index contributed by atoms with van der Waals surface area (Å²) in [6.07, 6.45) is 1.06. The lowest BCUT2D eigenvalue weighted by atomic mass is 9.86. The van der Waals surface area contributed by atoms with E-state index < -0.39 is 57.2 Å². The molecule has 1 aromatic heterocycles. The normalized spacial score (nSPS) is 13.8. The van der Waals surface area contributed by atoms with Gasteiger partial charge in [0.25, 0.3) is 0 Å². The van der Waals surface area contributed by atoms with Crippen molar-refractivity contribution in [3.8, 4) is 45.8 Å². The minimum Gasteiger partial charge on any atom is -0.507 e. The molecule has 0 saturated carbocycles. The van der Waals surface area contributed by atoms with Crippen molar-refractivity contribution in [3.05, 3.63) is 69.9 Å². The van der Waals surface area contributed by atoms with Crippen LogP contribution in [-0.4, -0.2) is 69.1 Å². The van der Waals surface area contributed by atoms with Crippen LogP contribution in [0.5, 0.6) is 34.5 Å². The second-order valence-electron chi connectivity index (χ2n) is 10.1. The minimum absolute atomic E-state index is 0.0160. The van der Waals surface area contributed by atoms with Crippen LogP contribution in [0.1, 0.15) is 36.3 Å². The number of methoxy groups -OCH3 is 1. The van der Waals surface area contributed by atoms with Gasteiger partial charge in [0.15, 0.2) is 17.3 Å². The molecule has 0 aliphatic carbocycles. The quantitative estimate of drug-likeness (QED) is 0.141. The molecular formula is C31H29NO11. The van der Waals surface area contributed by atoms with E-state index in [9.17, 15) is 39.9 Å². The number of fused-ring (bicyclic) bond motifs is 1. The van der Waals surface area contributed by atoms with Crippen molar-refractivity contribution in [2.75, 3.05) is 26.8 Å². The molecule has 12 nitrogen and oxygen atoms in total. The zero-order valence-electron chi connectivity index (χ0n) is 23.1. The minimum atomic E-state index is -1.03. The zero-order chi connectivity index (χ0) is 30.8. The van der Waals surface area contributed by atoms with E-state index in [0.29, 0.717) is 30.8 Å². The lowest BCUT2D eigenvalue weighted by molar-refractivity contribution is -0.140. The van der Waals surface area contributed by atoms with Crippen LogP contribution < -0.4 is 10.2 Å². The molecule has 5 N–H and O–H groups in total. The van der Waals surface area contributed by atoms with E-state index in [1.165, 1.54) is 13.2 Å². The van der Waals surface area contributed by atoms with Gasteiger partial charge in [0.05, 0.1) is 20.1 Å². The average molecular weight is 592 g/mol. The van der Waals surface area contributed by atoms with Gasteiger partial charge in [-0.2, -0.15) is 0 Å². The van der Waals surface area contributed by atoms with Gasteiger partial charge in [0, 0.05) is 36.1 Å². The van der Waals surface area contributed by atoms with Gasteiger partial charge in [0.1, 0.15) is 34.8 Å². The van der Waals surface area contributed by atoms with Gasteiger partial charge >= 0.3 is 5.97 Å². The van der Waals surface area contributed by atoms with Crippen LogP contribution in [0.15, 0.2) is 57.7 Å². The van der Waals surface area contributed by atoms with Crippen LogP contribution >= 0.6 is 0 Å². The summed E-state index contributed by atoms with van der Waals surface area (Å²) in [6.45, 7) is 1.43. The number of hydrogen-bond donors (Lipinski definition) is 5. The smallest absolute Gasteiger partial charge is 0.306 e. The predicted octanol–water partition coefficient (Wildman–Crippen LogP) is 3.68. The first-order valence-electron chi connectivity index (χ1n) is 13.4. The maximum atomic E-state index is 13.3. The molecule has 12 heteroatoms. The number of aromatic hydroxyl groups is 5. The third-order valence-corrected chi connectivity index (χ3v) is 7.41. The summed E-state index contributed by atoms with van der Waals surface area (Å²) in [5, 5.41) is 51.5. The van der Waals surface area contributed by atoms with Gasteiger partial charge in [-0.3, -0.25) is 14.4 Å². The molecule has 2 heterocycles. The Bertz CT molecular complexity index is 1760. The number of phenolic OH excluding ortho intramolecular Hbond substituents is 4. The molecular weight excluding hydrogens is 562 g/mol. The van der Waals surface area contributed by atoms with E-state index in [4.69, 9.17) is 13.9 Å². The highest BCUT2D eigenvalue weighted by Crippen LogP contribution is 2.45. The summed E-state index contributed by atoms with van der Waals surface area (Å²) in [7, 11) is 1.20. The fourth-order valence-corrected chi connectivity index (χ4v) is 5.19. The zero-order valence-corrected chi connectivity index (χ0v) is 23.1. The number of carbonyl (C=O) groups is 2. The molecule has 1 aliphatic heterocycles. The first-order valence-corrected chi connectivity index (χ1v) is 13.4. The van der Waals surface area contributed by atoms with E-state index in [1.54, 1.807) is 29.2 Å². The Kier molecular flexibility index (Phi) is 8.02. The number of hydrogen-bond acceptors (Lipinski definition) is 11. The first kappa shape index (κ1) is 29.1. The van der Waals surface area contributed by atoms with Crippen molar-refractivity contribution in [2.45, 2.75) is 25.2 Å². The van der Waals surface area contributed by atoms with E-state index in [1.807, 2.05) is 0 Å². The third-order valence-electron chi connectivity index (χ3n) is 7.41. The number of amides is 1. The summed E-state index contributed by atoms with van der Waals surface area (Å²) >= 11 is 0. The SMILES string of the molecule is COC(=O)C[C@H](c1ccc(OCCN2CCCC2=O)cc1)c1c(O)cc(O)c2c(=O)c(O)c(-c3ccc(O)c(O)c3)oc12. The van der Waals surface area contributed by atoms with Crippen molar-refractivity contribution < 1.29 is 49.0 Å². The van der Waals surface area contributed by atoms with Crippen LogP contribution in [0.4, 0.5) is 0 Å². The number of rotatable bonds is 9. The number of ether oxygens (including phenoxy) is 2. The third kappa shape index (κ3) is 5.71. The summed E-state index contributed by atoms with van der Waals surface area (Å²) in [4.78, 5) is 39.4. The van der Waals surface area contributed by atoms with E-state index in [0.717, 1.165) is 24.6 Å². The molecule has 5 rings (SSSR count). The summed E-state index contributed by atoms with van der Waals surface area (Å²) in [5.41, 5.74) is -0.871. The van der Waals surface area contributed by atoms with E-state index >= 15 is 0 Å². The highest BCUT2D eigenvalue weighted by molar-refractivity contribution is 5.92. The number of esters is 1. The lowest BCUT2D eigenvalue weighted by Crippen LogP contribution is -2.29. The van der Waals surface area contributed by atoms with Gasteiger partial charge in [-0.15, -0.1) is 0 Å². The van der Waals surface area contributed by atoms with Gasteiger partial charge in [-0.05, 0) is 42.3 Å². The number of phenols is 4. The Morgan fingerprint density at radius 1 is 0.953 bits per heavy atom. The molecule has 0 unspecified atom stereocenters. The largest absolute Gasteiger partial charge is 0.507 e. The van der Waals surface area contributed by atoms with Crippen molar-refractivity contribution in [1.29, 1.82) is 0 Å².